The van der Waals surface area contributed by atoms with Crippen LogP contribution >= 0.6 is 11.6 Å². The molecule has 118 valence electrons. The number of halogens is 1. The zero-order valence-corrected chi connectivity index (χ0v) is 14.3. The predicted molar refractivity (Wildman–Crippen MR) is 86.4 cm³/mol. The van der Waals surface area contributed by atoms with Crippen molar-refractivity contribution in [2.24, 2.45) is 34.5 Å². The summed E-state index contributed by atoms with van der Waals surface area (Å²) < 4.78 is 0. The van der Waals surface area contributed by atoms with Gasteiger partial charge >= 0.3 is 0 Å². The number of carbonyl (C=O) groups is 1. The molecule has 0 aromatic heterocycles. The number of hydrogen-bond donors (Lipinski definition) is 0. The van der Waals surface area contributed by atoms with Crippen LogP contribution < -0.4 is 0 Å². The summed E-state index contributed by atoms with van der Waals surface area (Å²) in [6, 6.07) is 0. The summed E-state index contributed by atoms with van der Waals surface area (Å²) in [6.45, 7) is 4.85. The van der Waals surface area contributed by atoms with Gasteiger partial charge in [0.1, 0.15) is 5.78 Å². The Balaban J connectivity index is 1.64. The third-order valence-electron chi connectivity index (χ3n) is 8.31. The van der Waals surface area contributed by atoms with E-state index in [0.717, 1.165) is 30.6 Å². The number of carbonyl (C=O) groups excluding carboxylic acids is 1. The number of Topliss-reactive ketones (excluding diaryl/α,β-unsaturated/α-hetero) is 1. The minimum Gasteiger partial charge on any atom is -0.299 e. The molecular formula is C19H29ClO. The quantitative estimate of drug-likeness (QED) is 0.562. The Morgan fingerprint density at radius 1 is 1.00 bits per heavy atom. The summed E-state index contributed by atoms with van der Waals surface area (Å²) in [5, 5.41) is 0.418. The van der Waals surface area contributed by atoms with Crippen molar-refractivity contribution in [3.63, 3.8) is 0 Å². The van der Waals surface area contributed by atoms with Crippen molar-refractivity contribution in [1.29, 1.82) is 0 Å². The van der Waals surface area contributed by atoms with Crippen LogP contribution in [-0.2, 0) is 4.79 Å². The van der Waals surface area contributed by atoms with Gasteiger partial charge in [0.2, 0.25) is 0 Å². The second kappa shape index (κ2) is 4.73. The van der Waals surface area contributed by atoms with Gasteiger partial charge in [0.05, 0.1) is 0 Å². The van der Waals surface area contributed by atoms with Crippen LogP contribution in [0.2, 0.25) is 0 Å². The van der Waals surface area contributed by atoms with E-state index < -0.39 is 0 Å². The summed E-state index contributed by atoms with van der Waals surface area (Å²) in [5.74, 6) is 3.79. The Morgan fingerprint density at radius 3 is 2.62 bits per heavy atom. The van der Waals surface area contributed by atoms with Gasteiger partial charge in [-0.3, -0.25) is 4.79 Å². The molecule has 2 heteroatoms. The average molecular weight is 309 g/mol. The van der Waals surface area contributed by atoms with Crippen molar-refractivity contribution >= 4 is 17.4 Å². The standard InChI is InChI=1S/C19H29ClO/c1-18-9-7-13(20)11-12(18)3-4-14-15-5-6-17(21)19(15,2)10-8-16(14)18/h12-16H,3-11H2,1-2H3/t12?,13?,14-,15-,16-,18-,19-/m0/s1. The Morgan fingerprint density at radius 2 is 1.81 bits per heavy atom. The van der Waals surface area contributed by atoms with E-state index in [1.807, 2.05) is 0 Å². The van der Waals surface area contributed by atoms with E-state index in [9.17, 15) is 4.79 Å². The van der Waals surface area contributed by atoms with Gasteiger partial charge in [0.15, 0.2) is 0 Å². The first-order valence-electron chi connectivity index (χ1n) is 9.12. The number of rotatable bonds is 0. The third kappa shape index (κ3) is 1.92. The smallest absolute Gasteiger partial charge is 0.139 e. The normalized spacial score (nSPS) is 56.5. The van der Waals surface area contributed by atoms with Crippen LogP contribution in [0.3, 0.4) is 0 Å². The Kier molecular flexibility index (Phi) is 3.27. The molecule has 0 saturated heterocycles. The number of hydrogen-bond acceptors (Lipinski definition) is 1. The Hall–Kier alpha value is -0.0400. The SMILES string of the molecule is C[C@]12CCC(Cl)CC1CC[C@@H]1[C@@H]2CC[C@]2(C)C(=O)CC[C@@H]12. The van der Waals surface area contributed by atoms with Crippen molar-refractivity contribution in [1.82, 2.24) is 0 Å². The predicted octanol–water partition coefficient (Wildman–Crippen LogP) is 5.21. The van der Waals surface area contributed by atoms with E-state index >= 15 is 0 Å². The van der Waals surface area contributed by atoms with Crippen LogP contribution in [0.4, 0.5) is 0 Å². The third-order valence-corrected chi connectivity index (χ3v) is 8.71. The summed E-state index contributed by atoms with van der Waals surface area (Å²) >= 11 is 6.46. The van der Waals surface area contributed by atoms with Crippen LogP contribution in [0, 0.1) is 34.5 Å². The summed E-state index contributed by atoms with van der Waals surface area (Å²) in [4.78, 5) is 12.4. The fourth-order valence-electron chi connectivity index (χ4n) is 6.98. The summed E-state index contributed by atoms with van der Waals surface area (Å²) in [7, 11) is 0. The molecule has 0 heterocycles. The lowest BCUT2D eigenvalue weighted by atomic mass is 9.45. The van der Waals surface area contributed by atoms with Crippen molar-refractivity contribution in [3.8, 4) is 0 Å². The molecule has 0 N–H and O–H groups in total. The lowest BCUT2D eigenvalue weighted by molar-refractivity contribution is -0.138. The largest absolute Gasteiger partial charge is 0.299 e. The summed E-state index contributed by atoms with van der Waals surface area (Å²) in [5.41, 5.74) is 0.551. The van der Waals surface area contributed by atoms with E-state index in [0.29, 0.717) is 22.5 Å². The van der Waals surface area contributed by atoms with Gasteiger partial charge in [-0.05, 0) is 80.5 Å². The van der Waals surface area contributed by atoms with Crippen LogP contribution in [0.25, 0.3) is 0 Å². The molecule has 0 amide bonds. The first-order chi connectivity index (χ1) is 9.95. The van der Waals surface area contributed by atoms with Crippen molar-refractivity contribution in [3.05, 3.63) is 0 Å². The lowest BCUT2D eigenvalue weighted by Gasteiger charge is -2.60. The zero-order chi connectivity index (χ0) is 14.8. The maximum Gasteiger partial charge on any atom is 0.139 e. The molecule has 1 nitrogen and oxygen atoms in total. The van der Waals surface area contributed by atoms with Gasteiger partial charge in [-0.25, -0.2) is 0 Å². The number of alkyl halides is 1. The molecule has 4 aliphatic carbocycles. The first-order valence-corrected chi connectivity index (χ1v) is 9.56. The molecule has 0 bridgehead atoms. The highest BCUT2D eigenvalue weighted by Crippen LogP contribution is 2.65. The van der Waals surface area contributed by atoms with E-state index in [2.05, 4.69) is 13.8 Å². The van der Waals surface area contributed by atoms with Gasteiger partial charge in [-0.1, -0.05) is 13.8 Å². The van der Waals surface area contributed by atoms with E-state index in [1.165, 1.54) is 44.9 Å². The molecule has 0 aromatic carbocycles. The van der Waals surface area contributed by atoms with Crippen LogP contribution in [-0.4, -0.2) is 11.2 Å². The fourth-order valence-corrected chi connectivity index (χ4v) is 7.30. The molecule has 0 spiro atoms. The topological polar surface area (TPSA) is 17.1 Å². The summed E-state index contributed by atoms with van der Waals surface area (Å²) in [6.07, 6.45) is 11.0. The molecule has 4 aliphatic rings. The van der Waals surface area contributed by atoms with Gasteiger partial charge in [0, 0.05) is 17.2 Å². The van der Waals surface area contributed by atoms with E-state index in [1.54, 1.807) is 0 Å². The average Bonchev–Trinajstić information content (AvgIpc) is 2.76. The van der Waals surface area contributed by atoms with E-state index in [4.69, 9.17) is 11.6 Å². The monoisotopic (exact) mass is 308 g/mol. The van der Waals surface area contributed by atoms with Gasteiger partial charge in [-0.2, -0.15) is 0 Å². The molecule has 2 unspecified atom stereocenters. The number of ketones is 1. The van der Waals surface area contributed by atoms with Gasteiger partial charge in [0.25, 0.3) is 0 Å². The maximum absolute atomic E-state index is 12.4. The highest BCUT2D eigenvalue weighted by Gasteiger charge is 2.60. The molecule has 4 saturated carbocycles. The zero-order valence-electron chi connectivity index (χ0n) is 13.5. The lowest BCUT2D eigenvalue weighted by Crippen LogP contribution is -2.53. The first kappa shape index (κ1) is 14.5. The molecule has 0 aromatic rings. The molecular weight excluding hydrogens is 280 g/mol. The van der Waals surface area contributed by atoms with Crippen LogP contribution in [0.5, 0.6) is 0 Å². The van der Waals surface area contributed by atoms with Crippen molar-refractivity contribution < 1.29 is 4.79 Å². The van der Waals surface area contributed by atoms with Crippen LogP contribution in [0.1, 0.15) is 71.6 Å². The Bertz CT molecular complexity index is 460. The second-order valence-electron chi connectivity index (χ2n) is 8.95. The molecule has 7 atom stereocenters. The van der Waals surface area contributed by atoms with Crippen molar-refractivity contribution in [2.45, 2.75) is 77.0 Å². The highest BCUT2D eigenvalue weighted by atomic mass is 35.5. The number of fused-ring (bicyclic) bond motifs is 5. The minimum atomic E-state index is 0.0358. The molecule has 0 radical (unpaired) electrons. The second-order valence-corrected chi connectivity index (χ2v) is 9.56. The minimum absolute atomic E-state index is 0.0358. The maximum atomic E-state index is 12.4. The van der Waals surface area contributed by atoms with Crippen LogP contribution in [0.15, 0.2) is 0 Å². The van der Waals surface area contributed by atoms with Gasteiger partial charge < -0.3 is 0 Å². The highest BCUT2D eigenvalue weighted by molar-refractivity contribution is 6.20. The van der Waals surface area contributed by atoms with E-state index in [-0.39, 0.29) is 5.41 Å². The Labute approximate surface area is 134 Å². The van der Waals surface area contributed by atoms with Gasteiger partial charge in [-0.15, -0.1) is 11.6 Å². The molecule has 4 fully saturated rings. The fraction of sp³-hybridized carbons (Fsp3) is 0.947. The molecule has 4 rings (SSSR count). The molecule has 0 aliphatic heterocycles. The van der Waals surface area contributed by atoms with Crippen molar-refractivity contribution in [2.75, 3.05) is 0 Å². The molecule has 21 heavy (non-hydrogen) atoms.